The van der Waals surface area contributed by atoms with E-state index in [0.29, 0.717) is 17.1 Å². The molecular formula is C18H19ClF2N4. The number of nitrogens with one attached hydrogen (secondary N) is 1. The Morgan fingerprint density at radius 2 is 1.76 bits per heavy atom. The number of hydrogen-bond acceptors (Lipinski definition) is 3. The Balaban J connectivity index is 0.00000182. The van der Waals surface area contributed by atoms with Crippen molar-refractivity contribution in [2.24, 2.45) is 0 Å². The summed E-state index contributed by atoms with van der Waals surface area (Å²) in [5, 5.41) is 0. The SMILES string of the molecule is Cc1nc(N2CCCCC2)c2[nH]c(-c3ccc(F)c(F)c3)cc2n1.Cl. The van der Waals surface area contributed by atoms with Crippen molar-refractivity contribution in [2.75, 3.05) is 18.0 Å². The molecule has 25 heavy (non-hydrogen) atoms. The fourth-order valence-electron chi connectivity index (χ4n) is 3.26. The lowest BCUT2D eigenvalue weighted by Crippen LogP contribution is -2.30. The fraction of sp³-hybridized carbons (Fsp3) is 0.333. The summed E-state index contributed by atoms with van der Waals surface area (Å²) in [6, 6.07) is 5.76. The van der Waals surface area contributed by atoms with Gasteiger partial charge in [0.1, 0.15) is 11.3 Å². The van der Waals surface area contributed by atoms with Crippen molar-refractivity contribution in [1.29, 1.82) is 0 Å². The van der Waals surface area contributed by atoms with Crippen LogP contribution in [-0.4, -0.2) is 28.0 Å². The highest BCUT2D eigenvalue weighted by Gasteiger charge is 2.18. The van der Waals surface area contributed by atoms with E-state index in [1.165, 1.54) is 12.5 Å². The standard InChI is InChI=1S/C18H18F2N4.ClH/c1-11-21-16-10-15(12-5-6-13(19)14(20)9-12)23-17(16)18(22-11)24-7-3-2-4-8-24;/h5-6,9-10,23H,2-4,7-8H2,1H3;1H. The Kier molecular flexibility index (Phi) is 4.90. The molecule has 1 fully saturated rings. The molecule has 4 rings (SSSR count). The highest BCUT2D eigenvalue weighted by molar-refractivity contribution is 5.90. The van der Waals surface area contributed by atoms with Crippen LogP contribution in [0.4, 0.5) is 14.6 Å². The lowest BCUT2D eigenvalue weighted by molar-refractivity contribution is 0.509. The summed E-state index contributed by atoms with van der Waals surface area (Å²) >= 11 is 0. The van der Waals surface area contributed by atoms with Gasteiger partial charge < -0.3 is 9.88 Å². The zero-order valence-electron chi connectivity index (χ0n) is 13.9. The molecule has 1 aliphatic rings. The van der Waals surface area contributed by atoms with E-state index in [4.69, 9.17) is 0 Å². The summed E-state index contributed by atoms with van der Waals surface area (Å²) in [5.74, 6) is -0.103. The molecule has 1 aliphatic heterocycles. The molecule has 0 aliphatic carbocycles. The molecular weight excluding hydrogens is 346 g/mol. The molecule has 2 aromatic heterocycles. The third-order valence-electron chi connectivity index (χ3n) is 4.46. The predicted molar refractivity (Wildman–Crippen MR) is 97.3 cm³/mol. The van der Waals surface area contributed by atoms with E-state index in [1.807, 2.05) is 13.0 Å². The van der Waals surface area contributed by atoms with Crippen LogP contribution in [0, 0.1) is 18.6 Å². The van der Waals surface area contributed by atoms with Crippen LogP contribution in [-0.2, 0) is 0 Å². The summed E-state index contributed by atoms with van der Waals surface area (Å²) in [4.78, 5) is 14.7. The van der Waals surface area contributed by atoms with Gasteiger partial charge in [0.25, 0.3) is 0 Å². The van der Waals surface area contributed by atoms with Crippen molar-refractivity contribution in [1.82, 2.24) is 15.0 Å². The zero-order valence-corrected chi connectivity index (χ0v) is 14.7. The van der Waals surface area contributed by atoms with Gasteiger partial charge >= 0.3 is 0 Å². The highest BCUT2D eigenvalue weighted by atomic mass is 35.5. The minimum atomic E-state index is -0.857. The molecule has 0 unspecified atom stereocenters. The molecule has 4 nitrogen and oxygen atoms in total. The first kappa shape index (κ1) is 17.6. The Labute approximate surface area is 150 Å². The third-order valence-corrected chi connectivity index (χ3v) is 4.46. The van der Waals surface area contributed by atoms with Gasteiger partial charge in [-0.1, -0.05) is 0 Å². The maximum absolute atomic E-state index is 13.5. The molecule has 1 N–H and O–H groups in total. The van der Waals surface area contributed by atoms with Crippen LogP contribution in [0.25, 0.3) is 22.3 Å². The monoisotopic (exact) mass is 364 g/mol. The van der Waals surface area contributed by atoms with Crippen LogP contribution in [0.1, 0.15) is 25.1 Å². The molecule has 0 atom stereocenters. The third kappa shape index (κ3) is 3.31. The number of aryl methyl sites for hydroxylation is 1. The summed E-state index contributed by atoms with van der Waals surface area (Å²) in [5.41, 5.74) is 2.95. The Hall–Kier alpha value is -2.21. The van der Waals surface area contributed by atoms with E-state index >= 15 is 0 Å². The number of hydrogen-bond donors (Lipinski definition) is 1. The highest BCUT2D eigenvalue weighted by Crippen LogP contribution is 2.30. The Morgan fingerprint density at radius 1 is 1.00 bits per heavy atom. The average molecular weight is 365 g/mol. The van der Waals surface area contributed by atoms with Gasteiger partial charge in [0.05, 0.1) is 5.52 Å². The minimum absolute atomic E-state index is 0. The normalized spacial score (nSPS) is 14.6. The van der Waals surface area contributed by atoms with E-state index < -0.39 is 11.6 Å². The molecule has 0 spiro atoms. The number of aromatic amines is 1. The molecule has 3 heterocycles. The second kappa shape index (κ2) is 6.96. The maximum atomic E-state index is 13.5. The van der Waals surface area contributed by atoms with Gasteiger partial charge in [-0.3, -0.25) is 0 Å². The number of H-pyrrole nitrogens is 1. The van der Waals surface area contributed by atoms with Gasteiger partial charge in [0.2, 0.25) is 0 Å². The topological polar surface area (TPSA) is 44.8 Å². The first-order valence-corrected chi connectivity index (χ1v) is 8.19. The molecule has 0 saturated carbocycles. The van der Waals surface area contributed by atoms with Crippen LogP contribution in [0.5, 0.6) is 0 Å². The van der Waals surface area contributed by atoms with Gasteiger partial charge in [-0.2, -0.15) is 0 Å². The average Bonchev–Trinajstić information content (AvgIpc) is 3.01. The summed E-state index contributed by atoms with van der Waals surface area (Å²) < 4.78 is 26.7. The van der Waals surface area contributed by atoms with Crippen molar-refractivity contribution >= 4 is 29.3 Å². The second-order valence-corrected chi connectivity index (χ2v) is 6.21. The first-order chi connectivity index (χ1) is 11.6. The minimum Gasteiger partial charge on any atom is -0.355 e. The van der Waals surface area contributed by atoms with Gasteiger partial charge in [-0.05, 0) is 50.5 Å². The van der Waals surface area contributed by atoms with Crippen molar-refractivity contribution in [3.63, 3.8) is 0 Å². The van der Waals surface area contributed by atoms with Gasteiger partial charge in [0.15, 0.2) is 17.5 Å². The van der Waals surface area contributed by atoms with Crippen LogP contribution in [0.3, 0.4) is 0 Å². The molecule has 1 saturated heterocycles. The second-order valence-electron chi connectivity index (χ2n) is 6.21. The number of piperidine rings is 1. The molecule has 132 valence electrons. The van der Waals surface area contributed by atoms with Crippen molar-refractivity contribution in [3.05, 3.63) is 41.7 Å². The molecule has 7 heteroatoms. The van der Waals surface area contributed by atoms with Crippen LogP contribution in [0.15, 0.2) is 24.3 Å². The molecule has 1 aromatic carbocycles. The lowest BCUT2D eigenvalue weighted by atomic mass is 10.1. The molecule has 0 bridgehead atoms. The predicted octanol–water partition coefficient (Wildman–Crippen LogP) is 4.62. The lowest BCUT2D eigenvalue weighted by Gasteiger charge is -2.28. The van der Waals surface area contributed by atoms with E-state index in [1.54, 1.807) is 6.07 Å². The Bertz CT molecular complexity index is 903. The smallest absolute Gasteiger partial charge is 0.159 e. The van der Waals surface area contributed by atoms with E-state index in [2.05, 4.69) is 19.9 Å². The number of rotatable bonds is 2. The fourth-order valence-corrected chi connectivity index (χ4v) is 3.26. The van der Waals surface area contributed by atoms with Gasteiger partial charge in [0, 0.05) is 24.3 Å². The quantitative estimate of drug-likeness (QED) is 0.721. The number of halogens is 3. The zero-order chi connectivity index (χ0) is 16.7. The van der Waals surface area contributed by atoms with E-state index in [-0.39, 0.29) is 12.4 Å². The van der Waals surface area contributed by atoms with Gasteiger partial charge in [-0.15, -0.1) is 12.4 Å². The number of nitrogens with zero attached hydrogens (tertiary/aromatic N) is 3. The summed E-state index contributed by atoms with van der Waals surface area (Å²) in [7, 11) is 0. The summed E-state index contributed by atoms with van der Waals surface area (Å²) in [6.45, 7) is 3.83. The largest absolute Gasteiger partial charge is 0.355 e. The van der Waals surface area contributed by atoms with Crippen molar-refractivity contribution < 1.29 is 8.78 Å². The number of aromatic nitrogens is 3. The van der Waals surface area contributed by atoms with Crippen LogP contribution >= 0.6 is 12.4 Å². The van der Waals surface area contributed by atoms with Crippen LogP contribution < -0.4 is 4.90 Å². The van der Waals surface area contributed by atoms with Crippen molar-refractivity contribution in [2.45, 2.75) is 26.2 Å². The van der Waals surface area contributed by atoms with E-state index in [0.717, 1.165) is 48.8 Å². The van der Waals surface area contributed by atoms with Crippen LogP contribution in [0.2, 0.25) is 0 Å². The maximum Gasteiger partial charge on any atom is 0.159 e. The van der Waals surface area contributed by atoms with Gasteiger partial charge in [-0.25, -0.2) is 18.7 Å². The number of benzene rings is 1. The molecule has 0 amide bonds. The molecule has 3 aromatic rings. The number of anilines is 1. The molecule has 0 radical (unpaired) electrons. The van der Waals surface area contributed by atoms with Crippen molar-refractivity contribution in [3.8, 4) is 11.3 Å². The first-order valence-electron chi connectivity index (χ1n) is 8.19. The Morgan fingerprint density at radius 3 is 2.48 bits per heavy atom. The summed E-state index contributed by atoms with van der Waals surface area (Å²) in [6.07, 6.45) is 3.55. The van der Waals surface area contributed by atoms with E-state index in [9.17, 15) is 8.78 Å². The number of fused-ring (bicyclic) bond motifs is 1.